The van der Waals surface area contributed by atoms with Crippen molar-refractivity contribution in [3.63, 3.8) is 0 Å². The second-order valence-electron chi connectivity index (χ2n) is 5.60. The summed E-state index contributed by atoms with van der Waals surface area (Å²) in [6, 6.07) is 0. The maximum absolute atomic E-state index is 11.4. The van der Waals surface area contributed by atoms with Gasteiger partial charge in [0.05, 0.1) is 17.6 Å². The molecule has 0 aromatic carbocycles. The van der Waals surface area contributed by atoms with Gasteiger partial charge in [0, 0.05) is 11.8 Å². The summed E-state index contributed by atoms with van der Waals surface area (Å²) in [5.41, 5.74) is 0. The lowest BCUT2D eigenvalue weighted by Gasteiger charge is -2.22. The van der Waals surface area contributed by atoms with Crippen LogP contribution in [0.1, 0.15) is 55.7 Å². The molecule has 1 atom stereocenters. The monoisotopic (exact) mass is 286 g/mol. The fourth-order valence-corrected chi connectivity index (χ4v) is 4.64. The van der Waals surface area contributed by atoms with Crippen LogP contribution in [0.25, 0.3) is 0 Å². The SMILES string of the molecule is O=S1(=O)CCC(c2noc(C3CCC(O)CC3)n2)C1. The van der Waals surface area contributed by atoms with Crippen molar-refractivity contribution in [1.29, 1.82) is 0 Å². The Kier molecular flexibility index (Phi) is 3.34. The lowest BCUT2D eigenvalue weighted by Crippen LogP contribution is -2.17. The van der Waals surface area contributed by atoms with E-state index in [1.807, 2.05) is 0 Å². The number of sulfone groups is 1. The van der Waals surface area contributed by atoms with E-state index in [1.54, 1.807) is 0 Å². The van der Waals surface area contributed by atoms with Gasteiger partial charge in [0.15, 0.2) is 15.7 Å². The summed E-state index contributed by atoms with van der Waals surface area (Å²) in [4.78, 5) is 4.38. The maximum Gasteiger partial charge on any atom is 0.229 e. The zero-order valence-electron chi connectivity index (χ0n) is 10.7. The van der Waals surface area contributed by atoms with Crippen LogP contribution in [0.5, 0.6) is 0 Å². The van der Waals surface area contributed by atoms with Gasteiger partial charge >= 0.3 is 0 Å². The van der Waals surface area contributed by atoms with Gasteiger partial charge in [-0.1, -0.05) is 5.16 Å². The predicted molar refractivity (Wildman–Crippen MR) is 67.5 cm³/mol. The van der Waals surface area contributed by atoms with E-state index >= 15 is 0 Å². The van der Waals surface area contributed by atoms with Crippen molar-refractivity contribution in [3.8, 4) is 0 Å². The van der Waals surface area contributed by atoms with Crippen LogP contribution in [-0.2, 0) is 9.84 Å². The van der Waals surface area contributed by atoms with Gasteiger partial charge in [-0.2, -0.15) is 4.98 Å². The molecule has 7 heteroatoms. The van der Waals surface area contributed by atoms with Gasteiger partial charge in [0.25, 0.3) is 0 Å². The zero-order chi connectivity index (χ0) is 13.5. The minimum Gasteiger partial charge on any atom is -0.393 e. The Morgan fingerprint density at radius 3 is 2.47 bits per heavy atom. The van der Waals surface area contributed by atoms with Crippen LogP contribution in [-0.4, -0.2) is 41.3 Å². The minimum atomic E-state index is -2.92. The molecule has 19 heavy (non-hydrogen) atoms. The van der Waals surface area contributed by atoms with Gasteiger partial charge in [0.1, 0.15) is 0 Å². The quantitative estimate of drug-likeness (QED) is 0.871. The number of aliphatic hydroxyl groups excluding tert-OH is 1. The van der Waals surface area contributed by atoms with E-state index in [9.17, 15) is 13.5 Å². The van der Waals surface area contributed by atoms with Crippen LogP contribution in [0, 0.1) is 0 Å². The van der Waals surface area contributed by atoms with E-state index in [0.29, 0.717) is 18.1 Å². The highest BCUT2D eigenvalue weighted by molar-refractivity contribution is 7.91. The van der Waals surface area contributed by atoms with E-state index in [-0.39, 0.29) is 29.4 Å². The highest BCUT2D eigenvalue weighted by atomic mass is 32.2. The summed E-state index contributed by atoms with van der Waals surface area (Å²) in [7, 11) is -2.92. The number of hydrogen-bond donors (Lipinski definition) is 1. The van der Waals surface area contributed by atoms with Crippen molar-refractivity contribution >= 4 is 9.84 Å². The first-order chi connectivity index (χ1) is 9.03. The summed E-state index contributed by atoms with van der Waals surface area (Å²) in [6.07, 6.45) is 3.61. The third-order valence-electron chi connectivity index (χ3n) is 4.10. The molecule has 0 spiro atoms. The van der Waals surface area contributed by atoms with E-state index in [1.165, 1.54) is 0 Å². The first-order valence-corrected chi connectivity index (χ1v) is 8.57. The molecule has 1 unspecified atom stereocenters. The predicted octanol–water partition coefficient (Wildman–Crippen LogP) is 0.990. The Morgan fingerprint density at radius 2 is 1.84 bits per heavy atom. The summed E-state index contributed by atoms with van der Waals surface area (Å²) in [6.45, 7) is 0. The van der Waals surface area contributed by atoms with Crippen LogP contribution in [0.15, 0.2) is 4.52 Å². The van der Waals surface area contributed by atoms with E-state index in [0.717, 1.165) is 25.7 Å². The van der Waals surface area contributed by atoms with Crippen LogP contribution in [0.4, 0.5) is 0 Å². The topological polar surface area (TPSA) is 93.3 Å². The van der Waals surface area contributed by atoms with Crippen molar-refractivity contribution in [2.24, 2.45) is 0 Å². The zero-order valence-corrected chi connectivity index (χ0v) is 11.5. The molecule has 3 rings (SSSR count). The maximum atomic E-state index is 11.4. The van der Waals surface area contributed by atoms with Gasteiger partial charge in [0.2, 0.25) is 5.89 Å². The van der Waals surface area contributed by atoms with Crippen molar-refractivity contribution in [3.05, 3.63) is 11.7 Å². The van der Waals surface area contributed by atoms with Crippen molar-refractivity contribution in [2.75, 3.05) is 11.5 Å². The Balaban J connectivity index is 1.70. The standard InChI is InChI=1S/C12H18N2O4S/c15-10-3-1-8(2-4-10)12-13-11(14-18-12)9-5-6-19(16,17)7-9/h8-10,15H,1-7H2. The molecule has 106 valence electrons. The van der Waals surface area contributed by atoms with Crippen molar-refractivity contribution in [1.82, 2.24) is 10.1 Å². The van der Waals surface area contributed by atoms with Crippen LogP contribution in [0.2, 0.25) is 0 Å². The second kappa shape index (κ2) is 4.86. The van der Waals surface area contributed by atoms with Crippen LogP contribution in [0.3, 0.4) is 0 Å². The Labute approximate surface area is 112 Å². The largest absolute Gasteiger partial charge is 0.393 e. The average Bonchev–Trinajstić information content (AvgIpc) is 2.96. The van der Waals surface area contributed by atoms with Gasteiger partial charge in [-0.3, -0.25) is 0 Å². The summed E-state index contributed by atoms with van der Waals surface area (Å²) in [5, 5.41) is 13.4. The molecule has 6 nitrogen and oxygen atoms in total. The third-order valence-corrected chi connectivity index (χ3v) is 5.87. The first kappa shape index (κ1) is 13.1. The summed E-state index contributed by atoms with van der Waals surface area (Å²) in [5.74, 6) is 1.58. The molecule has 1 N–H and O–H groups in total. The fraction of sp³-hybridized carbons (Fsp3) is 0.833. The van der Waals surface area contributed by atoms with Crippen molar-refractivity contribution < 1.29 is 18.0 Å². The highest BCUT2D eigenvalue weighted by Gasteiger charge is 2.33. The Morgan fingerprint density at radius 1 is 1.11 bits per heavy atom. The van der Waals surface area contributed by atoms with E-state index < -0.39 is 9.84 Å². The second-order valence-corrected chi connectivity index (χ2v) is 7.82. The number of hydrogen-bond acceptors (Lipinski definition) is 6. The number of nitrogens with zero attached hydrogens (tertiary/aromatic N) is 2. The van der Waals surface area contributed by atoms with Gasteiger partial charge in [-0.05, 0) is 32.1 Å². The van der Waals surface area contributed by atoms with Crippen LogP contribution >= 0.6 is 0 Å². The van der Waals surface area contributed by atoms with Crippen molar-refractivity contribution in [2.45, 2.75) is 50.0 Å². The van der Waals surface area contributed by atoms with Gasteiger partial charge in [-0.25, -0.2) is 8.42 Å². The molecule has 1 aromatic rings. The number of aromatic nitrogens is 2. The molecule has 2 aliphatic rings. The fourth-order valence-electron chi connectivity index (χ4n) is 2.90. The molecule has 0 bridgehead atoms. The summed E-state index contributed by atoms with van der Waals surface area (Å²) >= 11 is 0. The van der Waals surface area contributed by atoms with E-state index in [2.05, 4.69) is 10.1 Å². The highest BCUT2D eigenvalue weighted by Crippen LogP contribution is 2.33. The molecule has 1 saturated carbocycles. The molecule has 2 fully saturated rings. The average molecular weight is 286 g/mol. The number of aliphatic hydroxyl groups is 1. The Hall–Kier alpha value is -0.950. The van der Waals surface area contributed by atoms with Crippen LogP contribution < -0.4 is 0 Å². The normalized spacial score (nSPS) is 34.5. The minimum absolute atomic E-state index is 0.114. The van der Waals surface area contributed by atoms with Gasteiger partial charge in [-0.15, -0.1) is 0 Å². The lowest BCUT2D eigenvalue weighted by molar-refractivity contribution is 0.116. The molecule has 0 amide bonds. The summed E-state index contributed by atoms with van der Waals surface area (Å²) < 4.78 is 28.2. The molecule has 2 heterocycles. The molecule has 1 aliphatic carbocycles. The molecule has 1 saturated heterocycles. The molecular weight excluding hydrogens is 268 g/mol. The smallest absolute Gasteiger partial charge is 0.229 e. The Bertz CT molecular complexity index is 546. The molecule has 0 radical (unpaired) electrons. The molecule has 1 aliphatic heterocycles. The van der Waals surface area contributed by atoms with Gasteiger partial charge < -0.3 is 9.63 Å². The third kappa shape index (κ3) is 2.81. The molecule has 1 aromatic heterocycles. The van der Waals surface area contributed by atoms with E-state index in [4.69, 9.17) is 4.52 Å². The number of rotatable bonds is 2. The molecular formula is C12H18N2O4S. The lowest BCUT2D eigenvalue weighted by atomic mass is 9.87. The first-order valence-electron chi connectivity index (χ1n) is 6.75.